The van der Waals surface area contributed by atoms with Crippen LogP contribution >= 0.6 is 0 Å². The molecule has 24 heavy (non-hydrogen) atoms. The molecule has 1 aromatic carbocycles. The Bertz CT molecular complexity index is 829. The van der Waals surface area contributed by atoms with Crippen LogP contribution in [-0.2, 0) is 27.1 Å². The van der Waals surface area contributed by atoms with Crippen molar-refractivity contribution in [1.82, 2.24) is 4.98 Å². The van der Waals surface area contributed by atoms with Crippen molar-refractivity contribution in [3.63, 3.8) is 0 Å². The minimum absolute atomic E-state index is 0.309. The van der Waals surface area contributed by atoms with Crippen LogP contribution in [0.2, 0.25) is 0 Å². The Labute approximate surface area is 140 Å². The number of carbonyl (C=O) groups excluding carboxylic acids is 2. The molecular weight excluding hydrogens is 306 g/mol. The first-order valence-corrected chi connectivity index (χ1v) is 8.41. The maximum atomic E-state index is 12.9. The largest absolute Gasteiger partial charge is 0.463 e. The summed E-state index contributed by atoms with van der Waals surface area (Å²) in [6.07, 6.45) is 2.38. The van der Waals surface area contributed by atoms with Gasteiger partial charge in [-0.05, 0) is 36.8 Å². The Balaban J connectivity index is 1.81. The van der Waals surface area contributed by atoms with Crippen LogP contribution < -0.4 is 0 Å². The van der Waals surface area contributed by atoms with Gasteiger partial charge >= 0.3 is 11.9 Å². The van der Waals surface area contributed by atoms with Crippen LogP contribution in [0.25, 0.3) is 10.9 Å². The minimum Gasteiger partial charge on any atom is -0.463 e. The number of hydrogen-bond donors (Lipinski definition) is 0. The number of fused-ring (bicyclic) bond motifs is 2. The van der Waals surface area contributed by atoms with Crippen LogP contribution in [0.3, 0.4) is 0 Å². The Morgan fingerprint density at radius 2 is 2.12 bits per heavy atom. The van der Waals surface area contributed by atoms with Crippen LogP contribution in [0, 0.1) is 5.92 Å². The molecule has 0 amide bonds. The van der Waals surface area contributed by atoms with Gasteiger partial charge in [0.25, 0.3) is 0 Å². The average molecular weight is 325 g/mol. The molecule has 1 aliphatic heterocycles. The summed E-state index contributed by atoms with van der Waals surface area (Å²) in [4.78, 5) is 29.3. The number of para-hydroxylation sites is 1. The zero-order valence-corrected chi connectivity index (χ0v) is 13.6. The number of carbonyl (C=O) groups is 2. The monoisotopic (exact) mass is 325 g/mol. The van der Waals surface area contributed by atoms with Gasteiger partial charge in [-0.2, -0.15) is 0 Å². The third-order valence-corrected chi connectivity index (χ3v) is 4.85. The molecule has 2 aliphatic rings. The van der Waals surface area contributed by atoms with Crippen molar-refractivity contribution >= 4 is 22.8 Å². The molecule has 2 atom stereocenters. The van der Waals surface area contributed by atoms with Crippen LogP contribution in [0.5, 0.6) is 0 Å². The van der Waals surface area contributed by atoms with E-state index < -0.39 is 18.0 Å². The molecule has 0 radical (unpaired) electrons. The van der Waals surface area contributed by atoms with E-state index in [0.717, 1.165) is 41.4 Å². The molecule has 0 unspecified atom stereocenters. The van der Waals surface area contributed by atoms with Gasteiger partial charge in [0.2, 0.25) is 6.10 Å². The summed E-state index contributed by atoms with van der Waals surface area (Å²) in [5.41, 5.74) is 3.32. The summed E-state index contributed by atoms with van der Waals surface area (Å²) in [7, 11) is 0. The summed E-state index contributed by atoms with van der Waals surface area (Å²) in [5.74, 6) is -0.393. The summed E-state index contributed by atoms with van der Waals surface area (Å²) < 4.78 is 10.4. The molecule has 1 saturated heterocycles. The standard InChI is InChI=1S/C19H19NO4/c1-11-6-7-15-13(10-11)17(12-4-2-3-5-14(12)20-15)19(22)24-16-8-9-23-18(16)21/h2-5,11,16H,6-10H2,1H3/t11-,16-/m0/s1. The molecule has 0 bridgehead atoms. The van der Waals surface area contributed by atoms with Gasteiger partial charge < -0.3 is 9.47 Å². The van der Waals surface area contributed by atoms with Gasteiger partial charge in [-0.15, -0.1) is 0 Å². The first kappa shape index (κ1) is 15.1. The second-order valence-corrected chi connectivity index (χ2v) is 6.63. The van der Waals surface area contributed by atoms with Gasteiger partial charge in [0.1, 0.15) is 0 Å². The molecule has 1 fully saturated rings. The van der Waals surface area contributed by atoms with Crippen molar-refractivity contribution < 1.29 is 19.1 Å². The number of benzene rings is 1. The second-order valence-electron chi connectivity index (χ2n) is 6.63. The van der Waals surface area contributed by atoms with Gasteiger partial charge in [-0.1, -0.05) is 25.1 Å². The average Bonchev–Trinajstić information content (AvgIpc) is 2.97. The molecule has 0 saturated carbocycles. The number of nitrogens with zero attached hydrogens (tertiary/aromatic N) is 1. The lowest BCUT2D eigenvalue weighted by atomic mass is 9.84. The van der Waals surface area contributed by atoms with Gasteiger partial charge in [-0.3, -0.25) is 4.98 Å². The number of pyridine rings is 1. The number of aromatic nitrogens is 1. The number of cyclic esters (lactones) is 1. The predicted molar refractivity (Wildman–Crippen MR) is 87.7 cm³/mol. The first-order chi connectivity index (χ1) is 11.6. The minimum atomic E-state index is -0.791. The Morgan fingerprint density at radius 3 is 2.92 bits per heavy atom. The third kappa shape index (κ3) is 2.54. The molecule has 5 heteroatoms. The third-order valence-electron chi connectivity index (χ3n) is 4.85. The molecule has 0 spiro atoms. The lowest BCUT2D eigenvalue weighted by molar-refractivity contribution is -0.145. The van der Waals surface area contributed by atoms with Crippen molar-refractivity contribution in [2.45, 2.75) is 38.7 Å². The van der Waals surface area contributed by atoms with Crippen LogP contribution in [0.15, 0.2) is 24.3 Å². The molecule has 2 heterocycles. The van der Waals surface area contributed by atoms with Crippen LogP contribution in [0.1, 0.15) is 41.4 Å². The maximum absolute atomic E-state index is 12.9. The van der Waals surface area contributed by atoms with E-state index in [0.29, 0.717) is 24.5 Å². The number of rotatable bonds is 2. The van der Waals surface area contributed by atoms with E-state index in [4.69, 9.17) is 14.5 Å². The van der Waals surface area contributed by atoms with Gasteiger partial charge in [0.05, 0.1) is 17.7 Å². The summed E-state index contributed by atoms with van der Waals surface area (Å²) in [6, 6.07) is 7.61. The maximum Gasteiger partial charge on any atom is 0.347 e. The SMILES string of the molecule is C[C@H]1CCc2nc3ccccc3c(C(=O)O[C@H]3CCOC3=O)c2C1. The molecule has 5 nitrogen and oxygen atoms in total. The summed E-state index contributed by atoms with van der Waals surface area (Å²) in [6.45, 7) is 2.49. The summed E-state index contributed by atoms with van der Waals surface area (Å²) >= 11 is 0. The number of ether oxygens (including phenoxy) is 2. The lowest BCUT2D eigenvalue weighted by Gasteiger charge is -2.24. The van der Waals surface area contributed by atoms with Crippen molar-refractivity contribution in [2.75, 3.05) is 6.61 Å². The van der Waals surface area contributed by atoms with E-state index in [-0.39, 0.29) is 0 Å². The highest BCUT2D eigenvalue weighted by Crippen LogP contribution is 2.32. The Morgan fingerprint density at radius 1 is 1.29 bits per heavy atom. The normalized spacial score (nSPS) is 23.0. The van der Waals surface area contributed by atoms with E-state index in [2.05, 4.69) is 6.92 Å². The highest BCUT2D eigenvalue weighted by atomic mass is 16.6. The number of esters is 2. The fourth-order valence-electron chi connectivity index (χ4n) is 3.57. The fourth-order valence-corrected chi connectivity index (χ4v) is 3.57. The molecule has 0 N–H and O–H groups in total. The highest BCUT2D eigenvalue weighted by Gasteiger charge is 2.33. The van der Waals surface area contributed by atoms with E-state index >= 15 is 0 Å². The number of hydrogen-bond acceptors (Lipinski definition) is 5. The second kappa shape index (κ2) is 5.89. The van der Waals surface area contributed by atoms with Gasteiger partial charge in [0.15, 0.2) is 0 Å². The van der Waals surface area contributed by atoms with Gasteiger partial charge in [0, 0.05) is 17.5 Å². The highest BCUT2D eigenvalue weighted by molar-refractivity contribution is 6.05. The van der Waals surface area contributed by atoms with Crippen LogP contribution in [-0.4, -0.2) is 29.6 Å². The van der Waals surface area contributed by atoms with Crippen molar-refractivity contribution in [3.05, 3.63) is 41.1 Å². The lowest BCUT2D eigenvalue weighted by Crippen LogP contribution is -2.25. The Hall–Kier alpha value is -2.43. The quantitative estimate of drug-likeness (QED) is 0.794. The van der Waals surface area contributed by atoms with Crippen molar-refractivity contribution in [2.24, 2.45) is 5.92 Å². The van der Waals surface area contributed by atoms with Crippen molar-refractivity contribution in [3.8, 4) is 0 Å². The molecular formula is C19H19NO4. The van der Waals surface area contributed by atoms with E-state index in [1.165, 1.54) is 0 Å². The van der Waals surface area contributed by atoms with Gasteiger partial charge in [-0.25, -0.2) is 9.59 Å². The topological polar surface area (TPSA) is 65.5 Å². The molecule has 1 aromatic heterocycles. The van der Waals surface area contributed by atoms with E-state index in [1.807, 2.05) is 24.3 Å². The molecule has 1 aliphatic carbocycles. The summed E-state index contributed by atoms with van der Waals surface area (Å²) in [5, 5.41) is 0.793. The first-order valence-electron chi connectivity index (χ1n) is 8.41. The zero-order valence-electron chi connectivity index (χ0n) is 13.6. The van der Waals surface area contributed by atoms with Crippen molar-refractivity contribution in [1.29, 1.82) is 0 Å². The predicted octanol–water partition coefficient (Wildman–Crippen LogP) is 2.83. The smallest absolute Gasteiger partial charge is 0.347 e. The number of aryl methyl sites for hydroxylation is 1. The Kier molecular flexibility index (Phi) is 3.71. The fraction of sp³-hybridized carbons (Fsp3) is 0.421. The zero-order chi connectivity index (χ0) is 16.7. The molecule has 2 aromatic rings. The van der Waals surface area contributed by atoms with E-state index in [1.54, 1.807) is 0 Å². The molecule has 124 valence electrons. The molecule has 4 rings (SSSR count). The van der Waals surface area contributed by atoms with Crippen LogP contribution in [0.4, 0.5) is 0 Å². The van der Waals surface area contributed by atoms with E-state index in [9.17, 15) is 9.59 Å².